The first-order valence-corrected chi connectivity index (χ1v) is 15.0. The first-order valence-electron chi connectivity index (χ1n) is 12.4. The molecule has 0 fully saturated rings. The molecule has 3 rings (SSSR count). The van der Waals surface area contributed by atoms with E-state index in [9.17, 15) is 18.0 Å². The van der Waals surface area contributed by atoms with Gasteiger partial charge in [0, 0.05) is 24.0 Å². The summed E-state index contributed by atoms with van der Waals surface area (Å²) >= 11 is 3.48. The fourth-order valence-corrected chi connectivity index (χ4v) is 5.86. The number of amides is 2. The van der Waals surface area contributed by atoms with Crippen LogP contribution in [0, 0.1) is 13.8 Å². The van der Waals surface area contributed by atoms with E-state index in [4.69, 9.17) is 0 Å². The maximum absolute atomic E-state index is 14.1. The van der Waals surface area contributed by atoms with Crippen molar-refractivity contribution in [3.63, 3.8) is 0 Å². The third-order valence-electron chi connectivity index (χ3n) is 6.23. The predicted molar refractivity (Wildman–Crippen MR) is 155 cm³/mol. The number of carbonyl (C=O) groups excluding carboxylic acids is 2. The zero-order valence-electron chi connectivity index (χ0n) is 22.1. The molecule has 0 saturated heterocycles. The summed E-state index contributed by atoms with van der Waals surface area (Å²) < 4.78 is 27.9. The average Bonchev–Trinajstić information content (AvgIpc) is 2.85. The first kappa shape index (κ1) is 29.4. The highest BCUT2D eigenvalue weighted by Crippen LogP contribution is 2.27. The molecule has 0 bridgehead atoms. The van der Waals surface area contributed by atoms with Crippen molar-refractivity contribution in [2.45, 2.75) is 39.8 Å². The standard InChI is InChI=1S/C29H34BrN3O4S/c1-5-31-29(35)26(18-23-13-7-6-8-14-23)32(19-24-15-10-16-25(30)17-24)27(34)20-33(38(4,36)37)28-21(2)11-9-12-22(28)3/h6-17,26H,5,18-20H2,1-4H3,(H,31,35)/t26-/m1/s1. The Morgan fingerprint density at radius 1 is 0.921 bits per heavy atom. The Bertz CT molecular complexity index is 1360. The molecule has 0 aliphatic rings. The smallest absolute Gasteiger partial charge is 0.244 e. The minimum Gasteiger partial charge on any atom is -0.355 e. The van der Waals surface area contributed by atoms with Crippen LogP contribution in [0.3, 0.4) is 0 Å². The molecule has 0 aliphatic heterocycles. The van der Waals surface area contributed by atoms with Gasteiger partial charge in [-0.2, -0.15) is 0 Å². The van der Waals surface area contributed by atoms with E-state index in [0.717, 1.165) is 37.3 Å². The monoisotopic (exact) mass is 599 g/mol. The lowest BCUT2D eigenvalue weighted by atomic mass is 10.0. The Morgan fingerprint density at radius 2 is 1.53 bits per heavy atom. The van der Waals surface area contributed by atoms with E-state index < -0.39 is 28.5 Å². The number of likely N-dealkylation sites (N-methyl/N-ethyl adjacent to an activating group) is 1. The molecule has 3 aromatic carbocycles. The molecule has 0 aliphatic carbocycles. The van der Waals surface area contributed by atoms with Crippen LogP contribution < -0.4 is 9.62 Å². The lowest BCUT2D eigenvalue weighted by Crippen LogP contribution is -2.53. The molecule has 0 unspecified atom stereocenters. The van der Waals surface area contributed by atoms with Gasteiger partial charge in [-0.1, -0.05) is 76.6 Å². The van der Waals surface area contributed by atoms with Crippen molar-refractivity contribution in [2.24, 2.45) is 0 Å². The van der Waals surface area contributed by atoms with Crippen LogP contribution in [-0.2, 0) is 32.6 Å². The second-order valence-corrected chi connectivity index (χ2v) is 12.1. The van der Waals surface area contributed by atoms with Crippen molar-refractivity contribution in [3.05, 3.63) is 99.5 Å². The van der Waals surface area contributed by atoms with Crippen molar-refractivity contribution in [1.82, 2.24) is 10.2 Å². The number of benzene rings is 3. The van der Waals surface area contributed by atoms with Crippen LogP contribution in [0.2, 0.25) is 0 Å². The van der Waals surface area contributed by atoms with E-state index in [1.165, 1.54) is 4.90 Å². The van der Waals surface area contributed by atoms with Gasteiger partial charge in [-0.05, 0) is 55.2 Å². The summed E-state index contributed by atoms with van der Waals surface area (Å²) in [5.41, 5.74) is 3.67. The number of nitrogens with one attached hydrogen (secondary N) is 1. The molecule has 202 valence electrons. The number of sulfonamides is 1. The van der Waals surface area contributed by atoms with E-state index in [2.05, 4.69) is 21.2 Å². The highest BCUT2D eigenvalue weighted by molar-refractivity contribution is 9.10. The van der Waals surface area contributed by atoms with Crippen LogP contribution in [-0.4, -0.2) is 50.5 Å². The zero-order chi connectivity index (χ0) is 27.9. The number of anilines is 1. The van der Waals surface area contributed by atoms with Crippen molar-refractivity contribution in [1.29, 1.82) is 0 Å². The third-order valence-corrected chi connectivity index (χ3v) is 7.84. The van der Waals surface area contributed by atoms with Gasteiger partial charge in [0.25, 0.3) is 0 Å². The number of para-hydroxylation sites is 1. The van der Waals surface area contributed by atoms with Gasteiger partial charge in [0.15, 0.2) is 0 Å². The number of hydrogen-bond donors (Lipinski definition) is 1. The van der Waals surface area contributed by atoms with Gasteiger partial charge in [-0.15, -0.1) is 0 Å². The Kier molecular flexibility index (Phi) is 10.1. The molecule has 3 aromatic rings. The summed E-state index contributed by atoms with van der Waals surface area (Å²) in [4.78, 5) is 28.9. The molecule has 7 nitrogen and oxygen atoms in total. The first-order chi connectivity index (χ1) is 18.0. The summed E-state index contributed by atoms with van der Waals surface area (Å²) in [6, 6.07) is 21.6. The van der Waals surface area contributed by atoms with Gasteiger partial charge in [0.1, 0.15) is 12.6 Å². The van der Waals surface area contributed by atoms with Crippen LogP contribution in [0.4, 0.5) is 5.69 Å². The van der Waals surface area contributed by atoms with Gasteiger partial charge in [-0.25, -0.2) is 8.42 Å². The van der Waals surface area contributed by atoms with Gasteiger partial charge >= 0.3 is 0 Å². The van der Waals surface area contributed by atoms with Crippen molar-refractivity contribution in [3.8, 4) is 0 Å². The van der Waals surface area contributed by atoms with Crippen LogP contribution in [0.5, 0.6) is 0 Å². The molecule has 38 heavy (non-hydrogen) atoms. The fraction of sp³-hybridized carbons (Fsp3) is 0.310. The molecule has 0 radical (unpaired) electrons. The zero-order valence-corrected chi connectivity index (χ0v) is 24.6. The van der Waals surface area contributed by atoms with Crippen molar-refractivity contribution >= 4 is 43.5 Å². The molecule has 2 amide bonds. The molecular formula is C29H34BrN3O4S. The predicted octanol–water partition coefficient (Wildman–Crippen LogP) is 4.61. The molecule has 1 atom stereocenters. The molecule has 1 N–H and O–H groups in total. The summed E-state index contributed by atoms with van der Waals surface area (Å²) in [7, 11) is -3.81. The van der Waals surface area contributed by atoms with E-state index in [1.54, 1.807) is 0 Å². The van der Waals surface area contributed by atoms with E-state index in [0.29, 0.717) is 12.2 Å². The minimum atomic E-state index is -3.81. The lowest BCUT2D eigenvalue weighted by molar-refractivity contribution is -0.140. The minimum absolute atomic E-state index is 0.136. The molecular weight excluding hydrogens is 566 g/mol. The summed E-state index contributed by atoms with van der Waals surface area (Å²) in [5, 5.41) is 2.86. The Balaban J connectivity index is 2.08. The van der Waals surface area contributed by atoms with Crippen LogP contribution in [0.1, 0.15) is 29.2 Å². The molecule has 0 saturated carbocycles. The number of carbonyl (C=O) groups is 2. The number of rotatable bonds is 11. The van der Waals surface area contributed by atoms with Crippen LogP contribution >= 0.6 is 15.9 Å². The Hall–Kier alpha value is -3.17. The second kappa shape index (κ2) is 13.1. The molecule has 0 heterocycles. The Morgan fingerprint density at radius 3 is 2.11 bits per heavy atom. The van der Waals surface area contributed by atoms with Crippen LogP contribution in [0.25, 0.3) is 0 Å². The summed E-state index contributed by atoms with van der Waals surface area (Å²) in [5.74, 6) is -0.761. The highest BCUT2D eigenvalue weighted by Gasteiger charge is 2.33. The number of nitrogens with zero attached hydrogens (tertiary/aromatic N) is 2. The summed E-state index contributed by atoms with van der Waals surface area (Å²) in [6.45, 7) is 5.57. The maximum atomic E-state index is 14.1. The van der Waals surface area contributed by atoms with E-state index in [1.807, 2.05) is 93.6 Å². The van der Waals surface area contributed by atoms with Gasteiger partial charge < -0.3 is 10.2 Å². The van der Waals surface area contributed by atoms with Gasteiger partial charge in [0.2, 0.25) is 21.8 Å². The van der Waals surface area contributed by atoms with E-state index >= 15 is 0 Å². The highest BCUT2D eigenvalue weighted by atomic mass is 79.9. The second-order valence-electron chi connectivity index (χ2n) is 9.26. The molecule has 0 spiro atoms. The summed E-state index contributed by atoms with van der Waals surface area (Å²) in [6.07, 6.45) is 1.38. The largest absolute Gasteiger partial charge is 0.355 e. The number of hydrogen-bond acceptors (Lipinski definition) is 4. The van der Waals surface area contributed by atoms with Gasteiger partial charge in [0.05, 0.1) is 11.9 Å². The topological polar surface area (TPSA) is 86.8 Å². The number of aryl methyl sites for hydroxylation is 2. The van der Waals surface area contributed by atoms with Gasteiger partial charge in [-0.3, -0.25) is 13.9 Å². The van der Waals surface area contributed by atoms with Crippen molar-refractivity contribution < 1.29 is 18.0 Å². The maximum Gasteiger partial charge on any atom is 0.244 e. The average molecular weight is 601 g/mol. The quantitative estimate of drug-likeness (QED) is 0.349. The molecule has 9 heteroatoms. The lowest BCUT2D eigenvalue weighted by Gasteiger charge is -2.34. The number of halogens is 1. The fourth-order valence-electron chi connectivity index (χ4n) is 4.45. The normalized spacial score (nSPS) is 12.0. The SMILES string of the molecule is CCNC(=O)[C@@H](Cc1ccccc1)N(Cc1cccc(Br)c1)C(=O)CN(c1c(C)cccc1C)S(C)(=O)=O. The molecule has 0 aromatic heterocycles. The van der Waals surface area contributed by atoms with Crippen molar-refractivity contribution in [2.75, 3.05) is 23.7 Å². The van der Waals surface area contributed by atoms with Crippen LogP contribution in [0.15, 0.2) is 77.3 Å². The van der Waals surface area contributed by atoms with E-state index in [-0.39, 0.29) is 18.9 Å². The third kappa shape index (κ3) is 7.68. The Labute approximate surface area is 234 Å².